The molecule has 1 saturated heterocycles. The molecule has 8 heteroatoms. The van der Waals surface area contributed by atoms with Gasteiger partial charge in [0.1, 0.15) is 0 Å². The number of aliphatic hydroxyl groups excluding tert-OH is 1. The van der Waals surface area contributed by atoms with Crippen LogP contribution in [0.15, 0.2) is 47.5 Å². The number of nitrogens with zero attached hydrogens (tertiary/aromatic N) is 4. The smallest absolute Gasteiger partial charge is 0.274 e. The minimum absolute atomic E-state index is 0.0526. The maximum absolute atomic E-state index is 13.3. The number of pyridine rings is 1. The fourth-order valence-corrected chi connectivity index (χ4v) is 4.78. The standard InChI is InChI=1S/C21H20N4O3S.C2H6/c26-12-14-5-6-15(11-22-14)25-20-16-3-1-2-4-18(16)29-13-17(20)19(23-25)21(27)24-7-9-28-10-8-24;1-2/h1-6,11,26H,7-10,12-13H2;1-2H3. The second-order valence-electron chi connectivity index (χ2n) is 6.94. The molecular formula is C23H26N4O3S. The van der Waals surface area contributed by atoms with E-state index in [1.54, 1.807) is 24.0 Å². The molecule has 1 N–H and O–H groups in total. The number of aromatic nitrogens is 3. The minimum Gasteiger partial charge on any atom is -0.390 e. The van der Waals surface area contributed by atoms with Crippen LogP contribution >= 0.6 is 11.8 Å². The molecule has 0 spiro atoms. The summed E-state index contributed by atoms with van der Waals surface area (Å²) < 4.78 is 7.20. The average Bonchev–Trinajstić information content (AvgIpc) is 3.25. The summed E-state index contributed by atoms with van der Waals surface area (Å²) in [7, 11) is 0. The number of rotatable bonds is 3. The van der Waals surface area contributed by atoms with Crippen LogP contribution in [0, 0.1) is 0 Å². The van der Waals surface area contributed by atoms with Gasteiger partial charge in [-0.3, -0.25) is 9.78 Å². The van der Waals surface area contributed by atoms with Gasteiger partial charge < -0.3 is 14.7 Å². The molecule has 2 aliphatic heterocycles. The summed E-state index contributed by atoms with van der Waals surface area (Å²) in [6.45, 7) is 6.16. The Balaban J connectivity index is 0.00000112. The predicted molar refractivity (Wildman–Crippen MR) is 120 cm³/mol. The van der Waals surface area contributed by atoms with Crippen molar-refractivity contribution in [2.75, 3.05) is 26.3 Å². The summed E-state index contributed by atoms with van der Waals surface area (Å²) in [5.41, 5.74) is 4.82. The molecule has 3 aromatic rings. The van der Waals surface area contributed by atoms with Crippen molar-refractivity contribution >= 4 is 17.7 Å². The molecule has 2 aromatic heterocycles. The summed E-state index contributed by atoms with van der Waals surface area (Å²) in [6, 6.07) is 11.8. The van der Waals surface area contributed by atoms with Gasteiger partial charge in [-0.1, -0.05) is 32.0 Å². The lowest BCUT2D eigenvalue weighted by atomic mass is 10.0. The van der Waals surface area contributed by atoms with E-state index < -0.39 is 0 Å². The lowest BCUT2D eigenvalue weighted by Crippen LogP contribution is -2.41. The molecule has 0 unspecified atom stereocenters. The Kier molecular flexibility index (Phi) is 6.70. The highest BCUT2D eigenvalue weighted by molar-refractivity contribution is 7.98. The van der Waals surface area contributed by atoms with E-state index in [2.05, 4.69) is 17.1 Å². The zero-order valence-corrected chi connectivity index (χ0v) is 18.6. The van der Waals surface area contributed by atoms with Gasteiger partial charge in [0.2, 0.25) is 0 Å². The molecule has 0 saturated carbocycles. The summed E-state index contributed by atoms with van der Waals surface area (Å²) >= 11 is 1.73. The Morgan fingerprint density at radius 2 is 1.94 bits per heavy atom. The normalized spacial score (nSPS) is 14.9. The Hall–Kier alpha value is -2.68. The lowest BCUT2D eigenvalue weighted by molar-refractivity contribution is 0.0298. The highest BCUT2D eigenvalue weighted by atomic mass is 32.2. The number of carbonyl (C=O) groups is 1. The summed E-state index contributed by atoms with van der Waals surface area (Å²) in [4.78, 5) is 20.5. The minimum atomic E-state index is -0.113. The number of fused-ring (bicyclic) bond motifs is 3. The van der Waals surface area contributed by atoms with Gasteiger partial charge in [-0.15, -0.1) is 11.8 Å². The van der Waals surface area contributed by atoms with Crippen LogP contribution < -0.4 is 0 Å². The van der Waals surface area contributed by atoms with E-state index in [9.17, 15) is 9.90 Å². The number of thioether (sulfide) groups is 1. The number of aliphatic hydroxyl groups is 1. The third kappa shape index (κ3) is 4.11. The van der Waals surface area contributed by atoms with E-state index in [-0.39, 0.29) is 12.5 Å². The van der Waals surface area contributed by atoms with Crippen LogP contribution in [0.3, 0.4) is 0 Å². The number of benzene rings is 1. The number of carbonyl (C=O) groups excluding carboxylic acids is 1. The monoisotopic (exact) mass is 438 g/mol. The van der Waals surface area contributed by atoms with Crippen molar-refractivity contribution in [2.24, 2.45) is 0 Å². The van der Waals surface area contributed by atoms with Crippen molar-refractivity contribution in [3.8, 4) is 16.9 Å². The van der Waals surface area contributed by atoms with Crippen LogP contribution in [0.2, 0.25) is 0 Å². The number of hydrogen-bond acceptors (Lipinski definition) is 6. The predicted octanol–water partition coefficient (Wildman–Crippen LogP) is 3.53. The molecule has 7 nitrogen and oxygen atoms in total. The Labute approximate surface area is 186 Å². The van der Waals surface area contributed by atoms with E-state index >= 15 is 0 Å². The summed E-state index contributed by atoms with van der Waals surface area (Å²) in [5.74, 6) is 0.642. The molecule has 1 fully saturated rings. The molecule has 31 heavy (non-hydrogen) atoms. The molecule has 0 atom stereocenters. The Morgan fingerprint density at radius 3 is 2.65 bits per heavy atom. The van der Waals surface area contributed by atoms with Crippen molar-refractivity contribution in [3.05, 3.63) is 59.5 Å². The summed E-state index contributed by atoms with van der Waals surface area (Å²) in [6.07, 6.45) is 1.69. The van der Waals surface area contributed by atoms with Gasteiger partial charge in [0.05, 0.1) is 43.1 Å². The molecule has 2 aliphatic rings. The van der Waals surface area contributed by atoms with E-state index in [0.717, 1.165) is 22.5 Å². The zero-order chi connectivity index (χ0) is 21.8. The van der Waals surface area contributed by atoms with Crippen LogP contribution in [0.25, 0.3) is 16.9 Å². The number of ether oxygens (including phenoxy) is 1. The van der Waals surface area contributed by atoms with Gasteiger partial charge in [0.25, 0.3) is 5.91 Å². The fraction of sp³-hybridized carbons (Fsp3) is 0.348. The van der Waals surface area contributed by atoms with Crippen molar-refractivity contribution < 1.29 is 14.6 Å². The number of morpholine rings is 1. The molecule has 0 aliphatic carbocycles. The van der Waals surface area contributed by atoms with E-state index in [1.165, 1.54) is 4.90 Å². The lowest BCUT2D eigenvalue weighted by Gasteiger charge is -2.26. The molecule has 0 radical (unpaired) electrons. The first kappa shape index (κ1) is 21.5. The van der Waals surface area contributed by atoms with E-state index in [4.69, 9.17) is 9.84 Å². The second kappa shape index (κ2) is 9.64. The highest BCUT2D eigenvalue weighted by Gasteiger charge is 2.31. The molecule has 0 bridgehead atoms. The Bertz CT molecular complexity index is 1060. The molecule has 1 aromatic carbocycles. The molecular weight excluding hydrogens is 412 g/mol. The molecule has 162 valence electrons. The first-order valence-electron chi connectivity index (χ1n) is 10.5. The van der Waals surface area contributed by atoms with E-state index in [0.29, 0.717) is 43.4 Å². The van der Waals surface area contributed by atoms with Gasteiger partial charge in [-0.2, -0.15) is 5.10 Å². The first-order chi connectivity index (χ1) is 15.3. The van der Waals surface area contributed by atoms with Crippen LogP contribution in [-0.4, -0.2) is 57.0 Å². The maximum Gasteiger partial charge on any atom is 0.274 e. The first-order valence-corrected chi connectivity index (χ1v) is 11.5. The SMILES string of the molecule is CC.O=C(c1nn(-c2ccc(CO)nc2)c2c1CSc1ccccc1-2)N1CCOCC1. The Morgan fingerprint density at radius 1 is 1.16 bits per heavy atom. The van der Waals surface area contributed by atoms with Gasteiger partial charge in [0.15, 0.2) is 5.69 Å². The fourth-order valence-electron chi connectivity index (χ4n) is 3.71. The molecule has 4 heterocycles. The van der Waals surface area contributed by atoms with Gasteiger partial charge in [-0.25, -0.2) is 4.68 Å². The van der Waals surface area contributed by atoms with Crippen molar-refractivity contribution in [1.29, 1.82) is 0 Å². The van der Waals surface area contributed by atoms with Crippen molar-refractivity contribution in [3.63, 3.8) is 0 Å². The second-order valence-corrected chi connectivity index (χ2v) is 7.96. The van der Waals surface area contributed by atoms with Gasteiger partial charge in [-0.05, 0) is 18.2 Å². The highest BCUT2D eigenvalue weighted by Crippen LogP contribution is 2.43. The third-order valence-corrected chi connectivity index (χ3v) is 6.31. The number of hydrogen-bond donors (Lipinski definition) is 1. The largest absolute Gasteiger partial charge is 0.390 e. The topological polar surface area (TPSA) is 80.5 Å². The van der Waals surface area contributed by atoms with Crippen molar-refractivity contribution in [1.82, 2.24) is 19.7 Å². The molecule has 1 amide bonds. The number of amides is 1. The average molecular weight is 439 g/mol. The van der Waals surface area contributed by atoms with Crippen LogP contribution in [-0.2, 0) is 17.1 Å². The van der Waals surface area contributed by atoms with Crippen LogP contribution in [0.4, 0.5) is 0 Å². The zero-order valence-electron chi connectivity index (χ0n) is 17.7. The van der Waals surface area contributed by atoms with E-state index in [1.807, 2.05) is 41.6 Å². The van der Waals surface area contributed by atoms with Crippen LogP contribution in [0.1, 0.15) is 35.6 Å². The summed E-state index contributed by atoms with van der Waals surface area (Å²) in [5, 5.41) is 14.1. The maximum atomic E-state index is 13.3. The van der Waals surface area contributed by atoms with Gasteiger partial charge >= 0.3 is 0 Å². The van der Waals surface area contributed by atoms with Crippen LogP contribution in [0.5, 0.6) is 0 Å². The van der Waals surface area contributed by atoms with Gasteiger partial charge in [0, 0.05) is 34.9 Å². The quantitative estimate of drug-likeness (QED) is 0.674. The molecule has 5 rings (SSSR count). The van der Waals surface area contributed by atoms with Crippen molar-refractivity contribution in [2.45, 2.75) is 31.1 Å². The third-order valence-electron chi connectivity index (χ3n) is 5.21.